The normalized spacial score (nSPS) is 10.6. The smallest absolute Gasteiger partial charge is 0.338 e. The van der Waals surface area contributed by atoms with Gasteiger partial charge in [-0.15, -0.1) is 11.8 Å². The molecule has 0 atom stereocenters. The van der Waals surface area contributed by atoms with Gasteiger partial charge < -0.3 is 5.11 Å². The Kier molecular flexibility index (Phi) is 3.64. The Morgan fingerprint density at radius 1 is 1.41 bits per heavy atom. The van der Waals surface area contributed by atoms with Gasteiger partial charge in [0.25, 0.3) is 0 Å². The van der Waals surface area contributed by atoms with Crippen molar-refractivity contribution in [2.24, 2.45) is 0 Å². The van der Waals surface area contributed by atoms with Gasteiger partial charge in [-0.1, -0.05) is 25.1 Å². The molecule has 3 nitrogen and oxygen atoms in total. The van der Waals surface area contributed by atoms with Crippen molar-refractivity contribution in [3.63, 3.8) is 0 Å². The first-order chi connectivity index (χ1) is 8.24. The van der Waals surface area contributed by atoms with E-state index in [9.17, 15) is 9.90 Å². The van der Waals surface area contributed by atoms with Crippen LogP contribution >= 0.6 is 11.8 Å². The molecule has 4 heteroatoms. The van der Waals surface area contributed by atoms with Gasteiger partial charge in [-0.2, -0.15) is 0 Å². The summed E-state index contributed by atoms with van der Waals surface area (Å²) in [6.07, 6.45) is 2.46. The lowest BCUT2D eigenvalue weighted by Crippen LogP contribution is -2.01. The highest BCUT2D eigenvalue weighted by atomic mass is 32.2. The lowest BCUT2D eigenvalue weighted by molar-refractivity contribution is 0.0693. The molecule has 88 valence electrons. The number of aromatic nitrogens is 1. The van der Waals surface area contributed by atoms with Crippen LogP contribution in [-0.4, -0.2) is 21.8 Å². The van der Waals surface area contributed by atoms with Crippen molar-refractivity contribution in [2.45, 2.75) is 18.2 Å². The number of hydrogen-bond donors (Lipinski definition) is 1. The Morgan fingerprint density at radius 3 is 2.88 bits per heavy atom. The lowest BCUT2D eigenvalue weighted by Gasteiger charge is -2.08. The Balaban J connectivity index is 2.61. The lowest BCUT2D eigenvalue weighted by atomic mass is 10.1. The third-order valence-corrected chi connectivity index (χ3v) is 3.75. The molecule has 0 aliphatic rings. The first-order valence-corrected chi connectivity index (χ1v) is 6.46. The molecule has 0 amide bonds. The standard InChI is InChI=1S/C13H13NO2S/c1-2-7-17-12-9-5-3-4-6-11(9)14-8-10(12)13(15)16/h3-6,8H,2,7H2,1H3,(H,15,16). The summed E-state index contributed by atoms with van der Waals surface area (Å²) >= 11 is 1.58. The summed E-state index contributed by atoms with van der Waals surface area (Å²) in [7, 11) is 0. The molecule has 1 aromatic heterocycles. The van der Waals surface area contributed by atoms with Crippen molar-refractivity contribution < 1.29 is 9.90 Å². The average molecular weight is 247 g/mol. The van der Waals surface area contributed by atoms with E-state index in [1.807, 2.05) is 24.3 Å². The third-order valence-electron chi connectivity index (χ3n) is 2.41. The van der Waals surface area contributed by atoms with Crippen molar-refractivity contribution in [3.05, 3.63) is 36.0 Å². The van der Waals surface area contributed by atoms with E-state index < -0.39 is 5.97 Å². The topological polar surface area (TPSA) is 50.2 Å². The quantitative estimate of drug-likeness (QED) is 0.841. The Hall–Kier alpha value is -1.55. The summed E-state index contributed by atoms with van der Waals surface area (Å²) in [4.78, 5) is 16.2. The van der Waals surface area contributed by atoms with E-state index in [1.165, 1.54) is 6.20 Å². The average Bonchev–Trinajstić information content (AvgIpc) is 2.35. The molecule has 2 aromatic rings. The van der Waals surface area contributed by atoms with Crippen LogP contribution in [0.3, 0.4) is 0 Å². The van der Waals surface area contributed by atoms with Crippen LogP contribution in [0.4, 0.5) is 0 Å². The molecule has 0 fully saturated rings. The van der Waals surface area contributed by atoms with Gasteiger partial charge in [0, 0.05) is 16.5 Å². The molecule has 1 aromatic carbocycles. The third kappa shape index (κ3) is 2.42. The molecule has 0 spiro atoms. The fourth-order valence-electron chi connectivity index (χ4n) is 1.63. The van der Waals surface area contributed by atoms with E-state index in [2.05, 4.69) is 11.9 Å². The van der Waals surface area contributed by atoms with E-state index in [0.29, 0.717) is 5.56 Å². The number of thioether (sulfide) groups is 1. The van der Waals surface area contributed by atoms with Gasteiger partial charge in [0.2, 0.25) is 0 Å². The molecule has 0 aliphatic heterocycles. The van der Waals surface area contributed by atoms with Crippen molar-refractivity contribution in [3.8, 4) is 0 Å². The molecule has 0 saturated heterocycles. The summed E-state index contributed by atoms with van der Waals surface area (Å²) in [5.41, 5.74) is 1.14. The number of para-hydroxylation sites is 1. The van der Waals surface area contributed by atoms with Crippen LogP contribution in [0.1, 0.15) is 23.7 Å². The summed E-state index contributed by atoms with van der Waals surface area (Å²) in [6, 6.07) is 7.64. The number of hydrogen-bond acceptors (Lipinski definition) is 3. The number of carbonyl (C=O) groups is 1. The minimum atomic E-state index is -0.915. The van der Waals surface area contributed by atoms with Gasteiger partial charge in [-0.3, -0.25) is 4.98 Å². The minimum absolute atomic E-state index is 0.294. The maximum Gasteiger partial charge on any atom is 0.338 e. The van der Waals surface area contributed by atoms with Crippen LogP contribution in [0.25, 0.3) is 10.9 Å². The number of aromatic carboxylic acids is 1. The zero-order valence-corrected chi connectivity index (χ0v) is 10.3. The zero-order chi connectivity index (χ0) is 12.3. The molecule has 0 aliphatic carbocycles. The summed E-state index contributed by atoms with van der Waals surface area (Å²) in [6.45, 7) is 2.08. The summed E-state index contributed by atoms with van der Waals surface area (Å²) in [5, 5.41) is 10.1. The molecule has 0 bridgehead atoms. The molecule has 2 rings (SSSR count). The Bertz CT molecular complexity index is 554. The maximum atomic E-state index is 11.2. The Morgan fingerprint density at radius 2 is 2.18 bits per heavy atom. The van der Waals surface area contributed by atoms with Crippen molar-refractivity contribution in [2.75, 3.05) is 5.75 Å². The maximum absolute atomic E-state index is 11.2. The fraction of sp³-hybridized carbons (Fsp3) is 0.231. The number of nitrogens with zero attached hydrogens (tertiary/aromatic N) is 1. The van der Waals surface area contributed by atoms with Crippen molar-refractivity contribution >= 4 is 28.6 Å². The molecule has 17 heavy (non-hydrogen) atoms. The second kappa shape index (κ2) is 5.19. The second-order valence-electron chi connectivity index (χ2n) is 3.67. The largest absolute Gasteiger partial charge is 0.478 e. The van der Waals surface area contributed by atoms with Gasteiger partial charge >= 0.3 is 5.97 Å². The molecular weight excluding hydrogens is 234 g/mol. The van der Waals surface area contributed by atoms with E-state index in [0.717, 1.165) is 28.0 Å². The van der Waals surface area contributed by atoms with E-state index >= 15 is 0 Å². The fourth-order valence-corrected chi connectivity index (χ4v) is 2.66. The number of rotatable bonds is 4. The van der Waals surface area contributed by atoms with Crippen molar-refractivity contribution in [1.29, 1.82) is 0 Å². The number of carboxylic acid groups (broad SMARTS) is 1. The number of carboxylic acids is 1. The molecule has 1 N–H and O–H groups in total. The van der Waals surface area contributed by atoms with Gasteiger partial charge in [-0.25, -0.2) is 4.79 Å². The SMILES string of the molecule is CCCSc1c(C(=O)O)cnc2ccccc12. The minimum Gasteiger partial charge on any atom is -0.478 e. The zero-order valence-electron chi connectivity index (χ0n) is 9.51. The summed E-state index contributed by atoms with van der Waals surface area (Å²) < 4.78 is 0. The highest BCUT2D eigenvalue weighted by molar-refractivity contribution is 7.99. The van der Waals surface area contributed by atoms with Crippen LogP contribution in [0, 0.1) is 0 Å². The molecule has 0 saturated carbocycles. The highest BCUT2D eigenvalue weighted by Crippen LogP contribution is 2.30. The first-order valence-electron chi connectivity index (χ1n) is 5.48. The molecule has 0 radical (unpaired) electrons. The van der Waals surface area contributed by atoms with Crippen LogP contribution in [0.5, 0.6) is 0 Å². The number of fused-ring (bicyclic) bond motifs is 1. The second-order valence-corrected chi connectivity index (χ2v) is 4.78. The van der Waals surface area contributed by atoms with Crippen LogP contribution in [0.15, 0.2) is 35.4 Å². The number of pyridine rings is 1. The Labute approximate surface area is 104 Å². The van der Waals surface area contributed by atoms with Crippen LogP contribution < -0.4 is 0 Å². The highest BCUT2D eigenvalue weighted by Gasteiger charge is 2.14. The van der Waals surface area contributed by atoms with Crippen LogP contribution in [0.2, 0.25) is 0 Å². The summed E-state index contributed by atoms with van der Waals surface area (Å²) in [5.74, 6) is -0.00395. The first kappa shape index (κ1) is 11.9. The van der Waals surface area contributed by atoms with E-state index in [-0.39, 0.29) is 0 Å². The predicted octanol–water partition coefficient (Wildman–Crippen LogP) is 3.44. The van der Waals surface area contributed by atoms with Gasteiger partial charge in [0.1, 0.15) is 0 Å². The van der Waals surface area contributed by atoms with Gasteiger partial charge in [0.05, 0.1) is 11.1 Å². The van der Waals surface area contributed by atoms with Gasteiger partial charge in [0.15, 0.2) is 0 Å². The van der Waals surface area contributed by atoms with E-state index in [4.69, 9.17) is 0 Å². The van der Waals surface area contributed by atoms with Gasteiger partial charge in [-0.05, 0) is 18.2 Å². The molecule has 1 heterocycles. The predicted molar refractivity (Wildman–Crippen MR) is 69.7 cm³/mol. The molecular formula is C13H13NO2S. The van der Waals surface area contributed by atoms with Crippen molar-refractivity contribution in [1.82, 2.24) is 4.98 Å². The van der Waals surface area contributed by atoms with Crippen LogP contribution in [-0.2, 0) is 0 Å². The van der Waals surface area contributed by atoms with E-state index in [1.54, 1.807) is 11.8 Å². The monoisotopic (exact) mass is 247 g/mol. The number of benzene rings is 1. The molecule has 0 unspecified atom stereocenters.